The summed E-state index contributed by atoms with van der Waals surface area (Å²) in [6, 6.07) is -0.880. The number of aliphatic hydroxyl groups is 11. The van der Waals surface area contributed by atoms with Crippen molar-refractivity contribution >= 4 is 5.91 Å². The molecule has 0 spiro atoms. The van der Waals surface area contributed by atoms with Gasteiger partial charge in [0, 0.05) is 6.42 Å². The normalized spacial score (nSPS) is 30.5. The fraction of sp³-hybridized carbons (Fsp3) is 0.949. The van der Waals surface area contributed by atoms with Crippen molar-refractivity contribution in [3.8, 4) is 0 Å². The molecule has 3 aliphatic heterocycles. The van der Waals surface area contributed by atoms with E-state index in [1.54, 1.807) is 0 Å². The second-order valence-electron chi connectivity index (χ2n) is 22.5. The SMILES string of the molecule is CCCCCCCCCC/C=C\CCCCCCCCCCCCCCCCCC(=O)NC(COC1OC(CO)C(OC2OC(CO)C(OC3OC(CO)C(O)C(O)C3O)C(O)C2O)C(O)C1O)C(O)CCCCCCCC. The third kappa shape index (κ3) is 26.8. The number of hydrogen-bond donors (Lipinski definition) is 12. The summed E-state index contributed by atoms with van der Waals surface area (Å²) in [6.45, 7) is 1.72. The highest BCUT2D eigenvalue weighted by molar-refractivity contribution is 5.76. The molecule has 0 aliphatic carbocycles. The lowest BCUT2D eigenvalue weighted by Gasteiger charge is -2.48. The van der Waals surface area contributed by atoms with Gasteiger partial charge in [-0.3, -0.25) is 4.79 Å². The van der Waals surface area contributed by atoms with Crippen LogP contribution in [-0.2, 0) is 33.2 Å². The van der Waals surface area contributed by atoms with Gasteiger partial charge in [-0.1, -0.05) is 193 Å². The minimum Gasteiger partial charge on any atom is -0.394 e. The standard InChI is InChI=1S/C59H111NO18/c1-3-5-7-9-11-12-13-14-15-16-17-18-19-20-21-22-23-24-25-26-27-28-29-30-31-33-35-37-47(65)60-42(43(64)36-34-32-10-8-6-4-2)41-73-57-53(71)50(68)55(45(39-62)75-57)78-59-54(72)51(69)56(46(40-63)76-59)77-58-52(70)49(67)48(66)44(38-61)74-58/h16-17,42-46,48-59,61-64,66-72H,3-15,18-41H2,1-2H3,(H,60,65)/b17-16-. The molecular weight excluding hydrogens is 1010 g/mol. The summed E-state index contributed by atoms with van der Waals surface area (Å²) in [5, 5.41) is 120. The maximum atomic E-state index is 13.3. The molecule has 3 saturated heterocycles. The van der Waals surface area contributed by atoms with Gasteiger partial charge >= 0.3 is 0 Å². The van der Waals surface area contributed by atoms with Crippen LogP contribution in [0.15, 0.2) is 12.2 Å². The van der Waals surface area contributed by atoms with Crippen LogP contribution in [0.4, 0.5) is 0 Å². The van der Waals surface area contributed by atoms with E-state index in [9.17, 15) is 61.0 Å². The molecule has 3 fully saturated rings. The van der Waals surface area contributed by atoms with Crippen molar-refractivity contribution in [2.75, 3.05) is 26.4 Å². The quantitative estimate of drug-likeness (QED) is 0.0254. The number of aliphatic hydroxyl groups excluding tert-OH is 11. The lowest BCUT2D eigenvalue weighted by atomic mass is 9.96. The second kappa shape index (κ2) is 43.2. The van der Waals surface area contributed by atoms with Gasteiger partial charge in [0.25, 0.3) is 0 Å². The zero-order chi connectivity index (χ0) is 56.9. The van der Waals surface area contributed by atoms with Crippen molar-refractivity contribution in [1.82, 2.24) is 5.32 Å². The molecule has 1 amide bonds. The number of amides is 1. The predicted octanol–water partition coefficient (Wildman–Crippen LogP) is 5.77. The van der Waals surface area contributed by atoms with Gasteiger partial charge < -0.3 is 89.9 Å². The molecule has 3 rings (SSSR count). The average molecular weight is 1120 g/mol. The molecule has 460 valence electrons. The van der Waals surface area contributed by atoms with Crippen molar-refractivity contribution in [2.24, 2.45) is 0 Å². The molecule has 12 N–H and O–H groups in total. The van der Waals surface area contributed by atoms with Crippen LogP contribution < -0.4 is 5.32 Å². The fourth-order valence-corrected chi connectivity index (χ4v) is 10.7. The van der Waals surface area contributed by atoms with Gasteiger partial charge in [-0.2, -0.15) is 0 Å². The molecule has 0 aromatic heterocycles. The van der Waals surface area contributed by atoms with E-state index in [-0.39, 0.29) is 18.9 Å². The van der Waals surface area contributed by atoms with Crippen molar-refractivity contribution < 1.29 is 89.4 Å². The number of hydrogen-bond acceptors (Lipinski definition) is 18. The van der Waals surface area contributed by atoms with E-state index in [1.165, 1.54) is 135 Å². The Hall–Kier alpha value is -1.47. The van der Waals surface area contributed by atoms with Gasteiger partial charge in [0.05, 0.1) is 38.6 Å². The molecule has 19 nitrogen and oxygen atoms in total. The van der Waals surface area contributed by atoms with Gasteiger partial charge in [-0.05, 0) is 38.5 Å². The summed E-state index contributed by atoms with van der Waals surface area (Å²) in [5.74, 6) is -0.246. The van der Waals surface area contributed by atoms with Crippen LogP contribution in [0.2, 0.25) is 0 Å². The van der Waals surface area contributed by atoms with Crippen LogP contribution in [0.5, 0.6) is 0 Å². The number of nitrogens with one attached hydrogen (secondary N) is 1. The molecule has 17 unspecified atom stereocenters. The Bertz CT molecular complexity index is 1480. The average Bonchev–Trinajstić information content (AvgIpc) is 3.45. The van der Waals surface area contributed by atoms with Crippen molar-refractivity contribution in [2.45, 2.75) is 330 Å². The molecule has 0 radical (unpaired) electrons. The Kier molecular flexibility index (Phi) is 39.2. The summed E-state index contributed by atoms with van der Waals surface area (Å²) < 4.78 is 34.2. The molecule has 17 atom stereocenters. The molecule has 0 aromatic carbocycles. The molecule has 0 saturated carbocycles. The lowest BCUT2D eigenvalue weighted by molar-refractivity contribution is -0.379. The zero-order valence-electron chi connectivity index (χ0n) is 47.9. The maximum absolute atomic E-state index is 13.3. The largest absolute Gasteiger partial charge is 0.394 e. The molecule has 0 aromatic rings. The van der Waals surface area contributed by atoms with Gasteiger partial charge in [0.1, 0.15) is 73.2 Å². The van der Waals surface area contributed by atoms with Crippen molar-refractivity contribution in [3.63, 3.8) is 0 Å². The van der Waals surface area contributed by atoms with Crippen LogP contribution >= 0.6 is 0 Å². The van der Waals surface area contributed by atoms with E-state index in [0.717, 1.165) is 57.8 Å². The van der Waals surface area contributed by atoms with E-state index in [0.29, 0.717) is 12.8 Å². The molecular formula is C59H111NO18. The third-order valence-electron chi connectivity index (χ3n) is 15.8. The summed E-state index contributed by atoms with van der Waals surface area (Å²) in [5.41, 5.74) is 0. The first-order valence-corrected chi connectivity index (χ1v) is 30.9. The number of carbonyl (C=O) groups excluding carboxylic acids is 1. The van der Waals surface area contributed by atoms with Crippen LogP contribution in [0, 0.1) is 0 Å². The summed E-state index contributed by atoms with van der Waals surface area (Å²) in [4.78, 5) is 13.3. The number of carbonyl (C=O) groups is 1. The number of unbranched alkanes of at least 4 members (excludes halogenated alkanes) is 28. The highest BCUT2D eigenvalue weighted by Gasteiger charge is 2.53. The van der Waals surface area contributed by atoms with E-state index < -0.39 is 124 Å². The van der Waals surface area contributed by atoms with E-state index in [4.69, 9.17) is 28.4 Å². The monoisotopic (exact) mass is 1120 g/mol. The Morgan fingerprint density at radius 3 is 1.24 bits per heavy atom. The zero-order valence-corrected chi connectivity index (χ0v) is 47.9. The van der Waals surface area contributed by atoms with Crippen LogP contribution in [0.25, 0.3) is 0 Å². The highest BCUT2D eigenvalue weighted by Crippen LogP contribution is 2.33. The Morgan fingerprint density at radius 2 is 0.808 bits per heavy atom. The minimum absolute atomic E-state index is 0.246. The third-order valence-corrected chi connectivity index (χ3v) is 15.8. The molecule has 0 bridgehead atoms. The van der Waals surface area contributed by atoms with Gasteiger partial charge in [-0.15, -0.1) is 0 Å². The molecule has 3 aliphatic rings. The van der Waals surface area contributed by atoms with Crippen LogP contribution in [0.3, 0.4) is 0 Å². The Balaban J connectivity index is 1.35. The Morgan fingerprint density at radius 1 is 0.449 bits per heavy atom. The lowest BCUT2D eigenvalue weighted by Crippen LogP contribution is -2.66. The fourth-order valence-electron chi connectivity index (χ4n) is 10.7. The summed E-state index contributed by atoms with van der Waals surface area (Å²) in [6.07, 6.45) is 16.6. The second-order valence-corrected chi connectivity index (χ2v) is 22.5. The van der Waals surface area contributed by atoms with Gasteiger partial charge in [-0.25, -0.2) is 0 Å². The van der Waals surface area contributed by atoms with E-state index in [1.807, 2.05) is 0 Å². The maximum Gasteiger partial charge on any atom is 0.220 e. The van der Waals surface area contributed by atoms with Crippen LogP contribution in [-0.4, -0.2) is 193 Å². The molecule has 3 heterocycles. The summed E-state index contributed by atoms with van der Waals surface area (Å²) in [7, 11) is 0. The van der Waals surface area contributed by atoms with E-state index in [2.05, 4.69) is 31.3 Å². The van der Waals surface area contributed by atoms with Crippen molar-refractivity contribution in [1.29, 1.82) is 0 Å². The van der Waals surface area contributed by atoms with E-state index >= 15 is 0 Å². The van der Waals surface area contributed by atoms with Gasteiger partial charge in [0.15, 0.2) is 18.9 Å². The first-order valence-electron chi connectivity index (χ1n) is 30.9. The molecule has 78 heavy (non-hydrogen) atoms. The first-order chi connectivity index (χ1) is 37.8. The Labute approximate surface area is 467 Å². The highest BCUT2D eigenvalue weighted by atomic mass is 16.8. The number of allylic oxidation sites excluding steroid dienone is 2. The smallest absolute Gasteiger partial charge is 0.220 e. The predicted molar refractivity (Wildman–Crippen MR) is 296 cm³/mol. The minimum atomic E-state index is -1.97. The number of ether oxygens (including phenoxy) is 6. The van der Waals surface area contributed by atoms with Crippen LogP contribution in [0.1, 0.15) is 226 Å². The van der Waals surface area contributed by atoms with Crippen molar-refractivity contribution in [3.05, 3.63) is 12.2 Å². The topological polar surface area (TPSA) is 307 Å². The molecule has 19 heteroatoms. The summed E-state index contributed by atoms with van der Waals surface area (Å²) >= 11 is 0. The van der Waals surface area contributed by atoms with Gasteiger partial charge in [0.2, 0.25) is 5.91 Å². The first kappa shape index (κ1) is 70.8. The number of rotatable bonds is 46.